The number of anilines is 2. The van der Waals surface area contributed by atoms with Gasteiger partial charge in [0.25, 0.3) is 0 Å². The summed E-state index contributed by atoms with van der Waals surface area (Å²) in [6.45, 7) is 3.52. The summed E-state index contributed by atoms with van der Waals surface area (Å²) in [7, 11) is 0. The van der Waals surface area contributed by atoms with Crippen LogP contribution in [0.5, 0.6) is 0 Å². The average molecular weight is 405 g/mol. The maximum Gasteiger partial charge on any atom is 0.419 e. The minimum absolute atomic E-state index is 0.329. The Kier molecular flexibility index (Phi) is 6.04. The smallest absolute Gasteiger partial charge is 0.419 e. The van der Waals surface area contributed by atoms with Gasteiger partial charge in [0.05, 0.1) is 5.69 Å². The van der Waals surface area contributed by atoms with Crippen LogP contribution in [0.3, 0.4) is 0 Å². The molecule has 0 fully saturated rings. The normalized spacial score (nSPS) is 11.9. The number of aryl methyl sites for hydroxylation is 1. The first kappa shape index (κ1) is 19.3. The predicted molar refractivity (Wildman–Crippen MR) is 106 cm³/mol. The topological polar surface area (TPSA) is 55.6 Å². The Morgan fingerprint density at radius 3 is 2.70 bits per heavy atom. The lowest BCUT2D eigenvalue weighted by Crippen LogP contribution is -2.28. The molecule has 0 aliphatic rings. The monoisotopic (exact) mass is 404 g/mol. The summed E-state index contributed by atoms with van der Waals surface area (Å²) in [5.41, 5.74) is 3.27. The molecule has 5 nitrogen and oxygen atoms in total. The quantitative estimate of drug-likeness (QED) is 0.460. The number of carbonyl (C=O) groups excluding carboxylic acids is 1. The average Bonchev–Trinajstić information content (AvgIpc) is 3.08. The number of benzene rings is 2. The number of hydrogen-bond acceptors (Lipinski definition) is 4. The van der Waals surface area contributed by atoms with E-state index in [2.05, 4.69) is 5.16 Å². The van der Waals surface area contributed by atoms with Crippen molar-refractivity contribution in [3.8, 4) is 0 Å². The number of rotatable bonds is 5. The first-order valence-corrected chi connectivity index (χ1v) is 9.23. The minimum Gasteiger partial charge on any atom is -0.441 e. The van der Waals surface area contributed by atoms with Crippen molar-refractivity contribution in [3.05, 3.63) is 76.6 Å². The molecular weight excluding hydrogens is 387 g/mol. The van der Waals surface area contributed by atoms with Gasteiger partial charge in [-0.15, -0.1) is 11.6 Å². The molecule has 0 bridgehead atoms. The number of ether oxygens (including phenoxy) is 1. The van der Waals surface area contributed by atoms with Gasteiger partial charge in [-0.2, -0.15) is 0 Å². The van der Waals surface area contributed by atoms with Crippen LogP contribution in [0, 0.1) is 6.92 Å². The summed E-state index contributed by atoms with van der Waals surface area (Å²) in [4.78, 5) is 14.5. The van der Waals surface area contributed by atoms with E-state index in [0.29, 0.717) is 28.0 Å². The van der Waals surface area contributed by atoms with E-state index in [0.717, 1.165) is 11.1 Å². The fourth-order valence-electron chi connectivity index (χ4n) is 2.70. The lowest BCUT2D eigenvalue weighted by atomic mass is 10.1. The van der Waals surface area contributed by atoms with Gasteiger partial charge in [0.15, 0.2) is 0 Å². The fraction of sp³-hybridized carbons (Fsp3) is 0.200. The Morgan fingerprint density at radius 2 is 2.04 bits per heavy atom. The molecule has 3 aromatic rings. The zero-order valence-corrected chi connectivity index (χ0v) is 16.4. The van der Waals surface area contributed by atoms with Crippen molar-refractivity contribution >= 4 is 40.7 Å². The zero-order chi connectivity index (χ0) is 19.4. The molecule has 1 unspecified atom stereocenters. The fourth-order valence-corrected chi connectivity index (χ4v) is 3.15. The number of aromatic nitrogens is 1. The van der Waals surface area contributed by atoms with Crippen LogP contribution in [-0.2, 0) is 10.6 Å². The Bertz CT molecular complexity index is 942. The SMILES string of the molecule is Cc1nocc1N(C(=O)OC(C)c1ccccc1Cl)c1cccc(CCl)c1. The Balaban J connectivity index is 1.94. The highest BCUT2D eigenvalue weighted by Crippen LogP contribution is 2.32. The number of carbonyl (C=O) groups is 1. The predicted octanol–water partition coefficient (Wildman–Crippen LogP) is 6.41. The van der Waals surface area contributed by atoms with Crippen LogP contribution < -0.4 is 4.90 Å². The highest BCUT2D eigenvalue weighted by atomic mass is 35.5. The molecule has 0 spiro atoms. The summed E-state index contributed by atoms with van der Waals surface area (Å²) in [5.74, 6) is 0.329. The van der Waals surface area contributed by atoms with E-state index in [-0.39, 0.29) is 0 Å². The van der Waals surface area contributed by atoms with E-state index in [1.54, 1.807) is 26.0 Å². The largest absolute Gasteiger partial charge is 0.441 e. The van der Waals surface area contributed by atoms with Crippen molar-refractivity contribution in [3.63, 3.8) is 0 Å². The summed E-state index contributed by atoms with van der Waals surface area (Å²) in [6.07, 6.45) is 0.301. The molecule has 140 valence electrons. The molecule has 1 atom stereocenters. The molecule has 0 N–H and O–H groups in total. The summed E-state index contributed by atoms with van der Waals surface area (Å²) < 4.78 is 10.7. The van der Waals surface area contributed by atoms with Crippen LogP contribution in [0.2, 0.25) is 5.02 Å². The van der Waals surface area contributed by atoms with E-state index in [9.17, 15) is 4.79 Å². The first-order chi connectivity index (χ1) is 13.0. The van der Waals surface area contributed by atoms with Gasteiger partial charge in [0.2, 0.25) is 0 Å². The Morgan fingerprint density at radius 1 is 1.26 bits per heavy atom. The molecule has 3 rings (SSSR count). The van der Waals surface area contributed by atoms with Crippen molar-refractivity contribution in [2.45, 2.75) is 25.8 Å². The molecule has 1 heterocycles. The zero-order valence-electron chi connectivity index (χ0n) is 14.9. The highest BCUT2D eigenvalue weighted by molar-refractivity contribution is 6.31. The molecule has 2 aromatic carbocycles. The van der Waals surface area contributed by atoms with Crippen molar-refractivity contribution in [2.75, 3.05) is 4.90 Å². The molecule has 27 heavy (non-hydrogen) atoms. The molecule has 0 aliphatic carbocycles. The van der Waals surface area contributed by atoms with E-state index < -0.39 is 12.2 Å². The van der Waals surface area contributed by atoms with Crippen molar-refractivity contribution in [2.24, 2.45) is 0 Å². The second-order valence-corrected chi connectivity index (χ2v) is 6.65. The molecular formula is C20H18Cl2N2O3. The van der Waals surface area contributed by atoms with Gasteiger partial charge in [-0.25, -0.2) is 9.69 Å². The summed E-state index contributed by atoms with van der Waals surface area (Å²) in [5, 5.41) is 4.40. The van der Waals surface area contributed by atoms with Gasteiger partial charge < -0.3 is 9.26 Å². The van der Waals surface area contributed by atoms with Gasteiger partial charge in [-0.3, -0.25) is 0 Å². The number of nitrogens with zero attached hydrogens (tertiary/aromatic N) is 2. The number of alkyl halides is 1. The number of halogens is 2. The third-order valence-corrected chi connectivity index (χ3v) is 4.74. The van der Waals surface area contributed by atoms with Crippen LogP contribution in [0.4, 0.5) is 16.2 Å². The van der Waals surface area contributed by atoms with Crippen molar-refractivity contribution < 1.29 is 14.1 Å². The molecule has 0 saturated carbocycles. The van der Waals surface area contributed by atoms with Gasteiger partial charge >= 0.3 is 6.09 Å². The lowest BCUT2D eigenvalue weighted by Gasteiger charge is -2.24. The first-order valence-electron chi connectivity index (χ1n) is 8.32. The Labute approximate surface area is 167 Å². The van der Waals surface area contributed by atoms with Crippen molar-refractivity contribution in [1.82, 2.24) is 5.16 Å². The van der Waals surface area contributed by atoms with E-state index in [4.69, 9.17) is 32.5 Å². The third-order valence-electron chi connectivity index (χ3n) is 4.09. The number of amides is 1. The van der Waals surface area contributed by atoms with E-state index in [1.807, 2.05) is 36.4 Å². The molecule has 1 amide bonds. The van der Waals surface area contributed by atoms with Gasteiger partial charge in [-0.1, -0.05) is 47.1 Å². The van der Waals surface area contributed by atoms with Gasteiger partial charge in [0, 0.05) is 16.5 Å². The summed E-state index contributed by atoms with van der Waals surface area (Å²) >= 11 is 12.2. The van der Waals surface area contributed by atoms with Gasteiger partial charge in [0.1, 0.15) is 23.7 Å². The second-order valence-electron chi connectivity index (χ2n) is 5.97. The van der Waals surface area contributed by atoms with Crippen LogP contribution in [0.1, 0.15) is 29.8 Å². The summed E-state index contributed by atoms with van der Waals surface area (Å²) in [6, 6.07) is 14.6. The number of hydrogen-bond donors (Lipinski definition) is 0. The molecule has 7 heteroatoms. The second kappa shape index (κ2) is 8.46. The third kappa shape index (κ3) is 4.26. The van der Waals surface area contributed by atoms with Gasteiger partial charge in [-0.05, 0) is 37.6 Å². The molecule has 0 saturated heterocycles. The lowest BCUT2D eigenvalue weighted by molar-refractivity contribution is 0.116. The Hall–Kier alpha value is -2.50. The van der Waals surface area contributed by atoms with E-state index in [1.165, 1.54) is 11.2 Å². The van der Waals surface area contributed by atoms with Crippen LogP contribution >= 0.6 is 23.2 Å². The molecule has 1 aromatic heterocycles. The molecule has 0 radical (unpaired) electrons. The van der Waals surface area contributed by atoms with E-state index >= 15 is 0 Å². The molecule has 0 aliphatic heterocycles. The van der Waals surface area contributed by atoms with Crippen LogP contribution in [-0.4, -0.2) is 11.2 Å². The maximum absolute atomic E-state index is 13.0. The van der Waals surface area contributed by atoms with Crippen LogP contribution in [0.15, 0.2) is 59.3 Å². The maximum atomic E-state index is 13.0. The standard InChI is InChI=1S/C20H18Cl2N2O3/c1-13-19(12-26-23-13)24(16-7-5-6-15(10-16)11-21)20(25)27-14(2)17-8-3-4-9-18(17)22/h3-10,12,14H,11H2,1-2H3. The highest BCUT2D eigenvalue weighted by Gasteiger charge is 2.26. The minimum atomic E-state index is -0.569. The van der Waals surface area contributed by atoms with Crippen molar-refractivity contribution in [1.29, 1.82) is 0 Å². The van der Waals surface area contributed by atoms with Crippen LogP contribution in [0.25, 0.3) is 0 Å².